The van der Waals surface area contributed by atoms with Crippen molar-refractivity contribution in [1.82, 2.24) is 19.9 Å². The molecule has 4 rings (SSSR count). The number of nitrogens with zero attached hydrogens (tertiary/aromatic N) is 6. The number of hydrogen-bond donors (Lipinski definition) is 3. The number of halogens is 2. The molecule has 1 aromatic carbocycles. The molecule has 0 aliphatic rings. The van der Waals surface area contributed by atoms with Crippen LogP contribution in [-0.2, 0) is 0 Å². The highest BCUT2D eigenvalue weighted by Crippen LogP contribution is 2.25. The van der Waals surface area contributed by atoms with E-state index in [-0.39, 0.29) is 16.7 Å². The number of hydrogen-bond acceptors (Lipinski definition) is 9. The van der Waals surface area contributed by atoms with E-state index in [4.69, 9.17) is 11.6 Å². The van der Waals surface area contributed by atoms with Gasteiger partial charge in [-0.3, -0.25) is 20.8 Å². The maximum Gasteiger partial charge on any atom is 0.231 e. The van der Waals surface area contributed by atoms with Crippen molar-refractivity contribution in [3.05, 3.63) is 95.3 Å². The van der Waals surface area contributed by atoms with Crippen molar-refractivity contribution in [1.29, 1.82) is 0 Å². The second-order valence-corrected chi connectivity index (χ2v) is 7.69. The van der Waals surface area contributed by atoms with Crippen LogP contribution in [0.3, 0.4) is 0 Å². The lowest BCUT2D eigenvalue weighted by atomic mass is 10.2. The Hall–Kier alpha value is -4.44. The van der Waals surface area contributed by atoms with Crippen molar-refractivity contribution in [3.63, 3.8) is 0 Å². The van der Waals surface area contributed by atoms with Gasteiger partial charge in [0, 0.05) is 42.0 Å². The lowest BCUT2D eigenvalue weighted by molar-refractivity contribution is 0.632. The first kappa shape index (κ1) is 23.7. The zero-order chi connectivity index (χ0) is 24.6. The molecule has 0 saturated heterocycles. The van der Waals surface area contributed by atoms with Crippen LogP contribution in [0.15, 0.2) is 83.5 Å². The monoisotopic (exact) mass is 489 g/mol. The van der Waals surface area contributed by atoms with Crippen molar-refractivity contribution < 1.29 is 4.39 Å². The van der Waals surface area contributed by atoms with Gasteiger partial charge in [-0.1, -0.05) is 17.7 Å². The van der Waals surface area contributed by atoms with E-state index in [2.05, 4.69) is 46.3 Å². The fourth-order valence-corrected chi connectivity index (χ4v) is 3.11. The average Bonchev–Trinajstić information content (AvgIpc) is 2.89. The second kappa shape index (κ2) is 11.1. The predicted octanol–water partition coefficient (Wildman–Crippen LogP) is 5.47. The van der Waals surface area contributed by atoms with Crippen LogP contribution in [0.5, 0.6) is 0 Å². The first-order chi connectivity index (χ1) is 17.0. The molecule has 3 N–H and O–H groups in total. The van der Waals surface area contributed by atoms with E-state index in [0.29, 0.717) is 11.6 Å². The van der Waals surface area contributed by atoms with E-state index in [1.807, 2.05) is 38.1 Å². The van der Waals surface area contributed by atoms with Gasteiger partial charge in [0.1, 0.15) is 0 Å². The molecule has 3 heterocycles. The highest BCUT2D eigenvalue weighted by Gasteiger charge is 2.10. The van der Waals surface area contributed by atoms with Gasteiger partial charge in [0.2, 0.25) is 5.95 Å². The molecule has 0 amide bonds. The molecule has 0 unspecified atom stereocenters. The van der Waals surface area contributed by atoms with E-state index in [9.17, 15) is 4.39 Å². The van der Waals surface area contributed by atoms with Crippen molar-refractivity contribution >= 4 is 46.3 Å². The van der Waals surface area contributed by atoms with E-state index < -0.39 is 5.82 Å². The summed E-state index contributed by atoms with van der Waals surface area (Å²) in [5.74, 6) is 0.228. The first-order valence-corrected chi connectivity index (χ1v) is 10.9. The van der Waals surface area contributed by atoms with Gasteiger partial charge in [0.25, 0.3) is 0 Å². The van der Waals surface area contributed by atoms with E-state index in [0.717, 1.165) is 22.6 Å². The number of nitrogens with one attached hydrogen (secondary N) is 3. The summed E-state index contributed by atoms with van der Waals surface area (Å²) in [6, 6.07) is 13.6. The highest BCUT2D eigenvalue weighted by atomic mass is 35.5. The lowest BCUT2D eigenvalue weighted by Gasteiger charge is -2.11. The van der Waals surface area contributed by atoms with Crippen molar-refractivity contribution in [2.75, 3.05) is 16.2 Å². The van der Waals surface area contributed by atoms with Crippen LogP contribution in [0, 0.1) is 5.82 Å². The summed E-state index contributed by atoms with van der Waals surface area (Å²) in [5, 5.41) is 11.6. The molecule has 0 fully saturated rings. The molecule has 0 bridgehead atoms. The van der Waals surface area contributed by atoms with Crippen LogP contribution >= 0.6 is 11.6 Å². The number of anilines is 4. The number of rotatable bonds is 8. The Labute approximate surface area is 206 Å². The third-order valence-electron chi connectivity index (χ3n) is 4.80. The Morgan fingerprint density at radius 3 is 1.83 bits per heavy atom. The largest absolute Gasteiger partial charge is 0.321 e. The molecule has 0 spiro atoms. The molecule has 35 heavy (non-hydrogen) atoms. The fraction of sp³-hybridized carbons (Fsp3) is 0.0833. The zero-order valence-electron chi connectivity index (χ0n) is 18.9. The third kappa shape index (κ3) is 6.33. The minimum Gasteiger partial charge on any atom is -0.321 e. The molecule has 0 aliphatic heterocycles. The van der Waals surface area contributed by atoms with Gasteiger partial charge in [-0.15, -0.1) is 0 Å². The quantitative estimate of drug-likeness (QED) is 0.222. The maximum absolute atomic E-state index is 14.4. The van der Waals surface area contributed by atoms with Gasteiger partial charge in [-0.05, 0) is 50.2 Å². The second-order valence-electron chi connectivity index (χ2n) is 7.28. The van der Waals surface area contributed by atoms with Gasteiger partial charge in [0.15, 0.2) is 17.5 Å². The molecule has 4 aromatic rings. The normalized spacial score (nSPS) is 11.8. The van der Waals surface area contributed by atoms with E-state index in [1.165, 1.54) is 12.1 Å². The Morgan fingerprint density at radius 2 is 1.31 bits per heavy atom. The molecule has 176 valence electrons. The molecule has 0 saturated carbocycles. The summed E-state index contributed by atoms with van der Waals surface area (Å²) in [6.45, 7) is 3.71. The van der Waals surface area contributed by atoms with Gasteiger partial charge in [-0.25, -0.2) is 4.39 Å². The summed E-state index contributed by atoms with van der Waals surface area (Å²) in [6.07, 6.45) is 6.75. The number of aromatic nitrogens is 4. The Kier molecular flexibility index (Phi) is 7.53. The van der Waals surface area contributed by atoms with Gasteiger partial charge >= 0.3 is 0 Å². The van der Waals surface area contributed by atoms with E-state index >= 15 is 0 Å². The predicted molar refractivity (Wildman–Crippen MR) is 137 cm³/mol. The summed E-state index contributed by atoms with van der Waals surface area (Å²) in [5.41, 5.74) is 9.21. The first-order valence-electron chi connectivity index (χ1n) is 10.5. The highest BCUT2D eigenvalue weighted by molar-refractivity contribution is 6.31. The Morgan fingerprint density at radius 1 is 0.800 bits per heavy atom. The van der Waals surface area contributed by atoms with Crippen LogP contribution in [0.4, 0.5) is 27.7 Å². The van der Waals surface area contributed by atoms with Crippen LogP contribution in [0.2, 0.25) is 5.02 Å². The number of pyridine rings is 2. The molecule has 0 aliphatic carbocycles. The molecular formula is C24H21ClFN9. The van der Waals surface area contributed by atoms with Gasteiger partial charge in [-0.2, -0.15) is 20.2 Å². The average molecular weight is 490 g/mol. The fourth-order valence-electron chi connectivity index (χ4n) is 2.94. The molecule has 9 nitrogen and oxygen atoms in total. The molecule has 0 radical (unpaired) electrons. The number of hydrazone groups is 2. The SMILES string of the molecule is CC(=NNc1cc(NN=C(C)c2ccncc2)nc(Nc2cccc(Cl)c2F)n1)c1ccncc1. The van der Waals surface area contributed by atoms with Crippen molar-refractivity contribution in [2.24, 2.45) is 10.2 Å². The van der Waals surface area contributed by atoms with E-state index in [1.54, 1.807) is 36.9 Å². The molecular weight excluding hydrogens is 469 g/mol. The van der Waals surface area contributed by atoms with Gasteiger partial charge < -0.3 is 5.32 Å². The zero-order valence-corrected chi connectivity index (χ0v) is 19.6. The minimum atomic E-state index is -0.608. The van der Waals surface area contributed by atoms with Crippen LogP contribution < -0.4 is 16.2 Å². The summed E-state index contributed by atoms with van der Waals surface area (Å²) < 4.78 is 14.4. The molecule has 3 aromatic heterocycles. The summed E-state index contributed by atoms with van der Waals surface area (Å²) in [7, 11) is 0. The number of benzene rings is 1. The van der Waals surface area contributed by atoms with Crippen LogP contribution in [-0.4, -0.2) is 31.4 Å². The van der Waals surface area contributed by atoms with Crippen LogP contribution in [0.25, 0.3) is 0 Å². The van der Waals surface area contributed by atoms with Crippen LogP contribution in [0.1, 0.15) is 25.0 Å². The lowest BCUT2D eigenvalue weighted by Crippen LogP contribution is -2.07. The van der Waals surface area contributed by atoms with Crippen molar-refractivity contribution in [3.8, 4) is 0 Å². The topological polar surface area (TPSA) is 112 Å². The minimum absolute atomic E-state index is 0.0159. The molecule has 0 atom stereocenters. The smallest absolute Gasteiger partial charge is 0.231 e. The standard InChI is InChI=1S/C24H21ClFN9/c1-15(17-6-10-27-11-7-17)32-34-21-14-22(35-33-16(2)18-8-12-28-13-9-18)31-24(30-21)29-20-5-3-4-19(25)23(20)26/h3-14H,1-2H3,(H3,29,30,31,34,35). The molecule has 11 heteroatoms. The Balaban J connectivity index is 1.63. The summed E-state index contributed by atoms with van der Waals surface area (Å²) in [4.78, 5) is 16.8. The third-order valence-corrected chi connectivity index (χ3v) is 5.09. The maximum atomic E-state index is 14.4. The summed E-state index contributed by atoms with van der Waals surface area (Å²) >= 11 is 5.90. The van der Waals surface area contributed by atoms with Crippen molar-refractivity contribution in [2.45, 2.75) is 13.8 Å². The Bertz CT molecular complexity index is 1290. The van der Waals surface area contributed by atoms with Gasteiger partial charge in [0.05, 0.1) is 22.1 Å².